The third-order valence-electron chi connectivity index (χ3n) is 2.44. The Morgan fingerprint density at radius 1 is 1.77 bits per heavy atom. The highest BCUT2D eigenvalue weighted by molar-refractivity contribution is 5.78. The van der Waals surface area contributed by atoms with Crippen LogP contribution < -0.4 is 11.3 Å². The molecule has 13 heavy (non-hydrogen) atoms. The molecule has 1 heterocycles. The zero-order valence-electron chi connectivity index (χ0n) is 7.12. The van der Waals surface area contributed by atoms with Crippen molar-refractivity contribution in [2.45, 2.75) is 19.3 Å². The molecular formula is C8H11N3O2. The van der Waals surface area contributed by atoms with Crippen molar-refractivity contribution in [2.24, 2.45) is 11.8 Å². The number of nitrogens with one attached hydrogen (secondary N) is 1. The quantitative estimate of drug-likeness (QED) is 0.356. The lowest BCUT2D eigenvalue weighted by atomic mass is 9.88. The van der Waals surface area contributed by atoms with Gasteiger partial charge in [-0.1, -0.05) is 5.16 Å². The Kier molecular flexibility index (Phi) is 2.02. The number of fused-ring (bicyclic) bond motifs is 1. The second kappa shape index (κ2) is 3.18. The fourth-order valence-corrected chi connectivity index (χ4v) is 1.65. The molecule has 0 bridgehead atoms. The average Bonchev–Trinajstić information content (AvgIpc) is 2.63. The SMILES string of the molecule is NNC(=O)[C@@H]1CCc2cnoc2C1. The van der Waals surface area contributed by atoms with Gasteiger partial charge in [0.2, 0.25) is 5.91 Å². The number of hydrogen-bond acceptors (Lipinski definition) is 4. The van der Waals surface area contributed by atoms with Crippen LogP contribution in [-0.2, 0) is 17.6 Å². The van der Waals surface area contributed by atoms with Crippen molar-refractivity contribution in [3.05, 3.63) is 17.5 Å². The summed E-state index contributed by atoms with van der Waals surface area (Å²) in [6.07, 6.45) is 3.98. The number of nitrogens with zero attached hydrogens (tertiary/aromatic N) is 1. The van der Waals surface area contributed by atoms with Gasteiger partial charge in [0.1, 0.15) is 5.76 Å². The predicted octanol–water partition coefficient (Wildman–Crippen LogP) is -0.231. The molecule has 1 aliphatic rings. The maximum atomic E-state index is 11.2. The molecule has 0 fully saturated rings. The largest absolute Gasteiger partial charge is 0.361 e. The number of aromatic nitrogens is 1. The van der Waals surface area contributed by atoms with Crippen LogP contribution in [0.5, 0.6) is 0 Å². The van der Waals surface area contributed by atoms with Crippen LogP contribution in [0.4, 0.5) is 0 Å². The van der Waals surface area contributed by atoms with Crippen molar-refractivity contribution in [1.82, 2.24) is 10.6 Å². The molecule has 1 aliphatic carbocycles. The fraction of sp³-hybridized carbons (Fsp3) is 0.500. The van der Waals surface area contributed by atoms with Gasteiger partial charge in [0.25, 0.3) is 0 Å². The normalized spacial score (nSPS) is 20.8. The van der Waals surface area contributed by atoms with Crippen LogP contribution in [0.2, 0.25) is 0 Å². The van der Waals surface area contributed by atoms with Crippen LogP contribution in [0.3, 0.4) is 0 Å². The van der Waals surface area contributed by atoms with Gasteiger partial charge in [-0.3, -0.25) is 10.2 Å². The number of amides is 1. The van der Waals surface area contributed by atoms with Crippen molar-refractivity contribution in [2.75, 3.05) is 0 Å². The van der Waals surface area contributed by atoms with Gasteiger partial charge in [0, 0.05) is 17.9 Å². The van der Waals surface area contributed by atoms with E-state index in [0.717, 1.165) is 24.2 Å². The first kappa shape index (κ1) is 8.25. The van der Waals surface area contributed by atoms with Gasteiger partial charge in [-0.25, -0.2) is 5.84 Å². The van der Waals surface area contributed by atoms with Crippen molar-refractivity contribution in [1.29, 1.82) is 0 Å². The fourth-order valence-electron chi connectivity index (χ4n) is 1.65. The number of carbonyl (C=O) groups is 1. The number of rotatable bonds is 1. The lowest BCUT2D eigenvalue weighted by Gasteiger charge is -2.17. The summed E-state index contributed by atoms with van der Waals surface area (Å²) in [5.41, 5.74) is 3.27. The molecule has 2 rings (SSSR count). The highest BCUT2D eigenvalue weighted by atomic mass is 16.5. The maximum absolute atomic E-state index is 11.2. The molecule has 0 aliphatic heterocycles. The number of hydrogen-bond donors (Lipinski definition) is 2. The van der Waals surface area contributed by atoms with Gasteiger partial charge in [0.05, 0.1) is 6.20 Å². The predicted molar refractivity (Wildman–Crippen MR) is 44.3 cm³/mol. The van der Waals surface area contributed by atoms with E-state index in [1.807, 2.05) is 0 Å². The zero-order valence-corrected chi connectivity index (χ0v) is 7.12. The molecule has 1 amide bonds. The minimum absolute atomic E-state index is 0.0644. The minimum Gasteiger partial charge on any atom is -0.361 e. The molecule has 0 aromatic carbocycles. The number of carbonyl (C=O) groups excluding carboxylic acids is 1. The molecule has 5 nitrogen and oxygen atoms in total. The van der Waals surface area contributed by atoms with E-state index in [1.165, 1.54) is 0 Å². The molecule has 0 saturated heterocycles. The first-order valence-electron chi connectivity index (χ1n) is 4.24. The standard InChI is InChI=1S/C8H11N3O2/c9-11-8(12)5-1-2-6-4-10-13-7(6)3-5/h4-5H,1-3,9H2,(H,11,12)/t5-/m1/s1. The summed E-state index contributed by atoms with van der Waals surface area (Å²) in [7, 11) is 0. The number of hydrazine groups is 1. The molecule has 0 saturated carbocycles. The van der Waals surface area contributed by atoms with Crippen LogP contribution in [0, 0.1) is 5.92 Å². The summed E-state index contributed by atoms with van der Waals surface area (Å²) in [5, 5.41) is 3.69. The molecule has 1 aromatic rings. The first-order valence-corrected chi connectivity index (χ1v) is 4.24. The van der Waals surface area contributed by atoms with Crippen LogP contribution in [0.1, 0.15) is 17.7 Å². The zero-order chi connectivity index (χ0) is 9.26. The molecule has 70 valence electrons. The highest BCUT2D eigenvalue weighted by Gasteiger charge is 2.26. The summed E-state index contributed by atoms with van der Waals surface area (Å²) in [4.78, 5) is 11.2. The molecule has 1 atom stereocenters. The Morgan fingerprint density at radius 2 is 2.62 bits per heavy atom. The van der Waals surface area contributed by atoms with E-state index in [1.54, 1.807) is 6.20 Å². The Bertz CT molecular complexity index is 321. The number of aryl methyl sites for hydroxylation is 1. The second-order valence-corrected chi connectivity index (χ2v) is 3.22. The molecule has 3 N–H and O–H groups in total. The molecular weight excluding hydrogens is 170 g/mol. The van der Waals surface area contributed by atoms with E-state index >= 15 is 0 Å². The topological polar surface area (TPSA) is 81.1 Å². The molecule has 0 spiro atoms. The summed E-state index contributed by atoms with van der Waals surface area (Å²) in [5.74, 6) is 5.68. The van der Waals surface area contributed by atoms with Crippen LogP contribution in [-0.4, -0.2) is 11.1 Å². The van der Waals surface area contributed by atoms with E-state index < -0.39 is 0 Å². The van der Waals surface area contributed by atoms with E-state index in [2.05, 4.69) is 10.6 Å². The summed E-state index contributed by atoms with van der Waals surface area (Å²) >= 11 is 0. The molecule has 5 heteroatoms. The highest BCUT2D eigenvalue weighted by Crippen LogP contribution is 2.24. The van der Waals surface area contributed by atoms with E-state index in [9.17, 15) is 4.79 Å². The van der Waals surface area contributed by atoms with Gasteiger partial charge in [-0.15, -0.1) is 0 Å². The third kappa shape index (κ3) is 1.42. The van der Waals surface area contributed by atoms with E-state index in [0.29, 0.717) is 6.42 Å². The van der Waals surface area contributed by atoms with Crippen molar-refractivity contribution < 1.29 is 9.32 Å². The van der Waals surface area contributed by atoms with Gasteiger partial charge in [-0.2, -0.15) is 0 Å². The Labute approximate surface area is 75.2 Å². The van der Waals surface area contributed by atoms with E-state index in [-0.39, 0.29) is 11.8 Å². The summed E-state index contributed by atoms with van der Waals surface area (Å²) < 4.78 is 5.01. The summed E-state index contributed by atoms with van der Waals surface area (Å²) in [6.45, 7) is 0. The monoisotopic (exact) mass is 181 g/mol. The van der Waals surface area contributed by atoms with Crippen LogP contribution >= 0.6 is 0 Å². The Hall–Kier alpha value is -1.36. The third-order valence-corrected chi connectivity index (χ3v) is 2.44. The number of nitrogens with two attached hydrogens (primary N) is 1. The Morgan fingerprint density at radius 3 is 3.38 bits per heavy atom. The lowest BCUT2D eigenvalue weighted by molar-refractivity contribution is -0.125. The van der Waals surface area contributed by atoms with Crippen molar-refractivity contribution >= 4 is 5.91 Å². The minimum atomic E-state index is -0.123. The first-order chi connectivity index (χ1) is 6.31. The van der Waals surface area contributed by atoms with E-state index in [4.69, 9.17) is 10.4 Å². The van der Waals surface area contributed by atoms with Crippen LogP contribution in [0.15, 0.2) is 10.7 Å². The molecule has 1 aromatic heterocycles. The van der Waals surface area contributed by atoms with Gasteiger partial charge < -0.3 is 4.52 Å². The lowest BCUT2D eigenvalue weighted by Crippen LogP contribution is -2.38. The van der Waals surface area contributed by atoms with Crippen molar-refractivity contribution in [3.63, 3.8) is 0 Å². The summed E-state index contributed by atoms with van der Waals surface area (Å²) in [6, 6.07) is 0. The van der Waals surface area contributed by atoms with Gasteiger partial charge >= 0.3 is 0 Å². The molecule has 0 radical (unpaired) electrons. The average molecular weight is 181 g/mol. The van der Waals surface area contributed by atoms with Crippen LogP contribution in [0.25, 0.3) is 0 Å². The Balaban J connectivity index is 2.13. The maximum Gasteiger partial charge on any atom is 0.237 e. The smallest absolute Gasteiger partial charge is 0.237 e. The van der Waals surface area contributed by atoms with Gasteiger partial charge in [0.15, 0.2) is 0 Å². The van der Waals surface area contributed by atoms with Crippen molar-refractivity contribution in [3.8, 4) is 0 Å². The second-order valence-electron chi connectivity index (χ2n) is 3.22. The van der Waals surface area contributed by atoms with Gasteiger partial charge in [-0.05, 0) is 12.8 Å². The molecule has 0 unspecified atom stereocenters.